The minimum Gasteiger partial charge on any atom is -0.484 e. The van der Waals surface area contributed by atoms with E-state index in [2.05, 4.69) is 5.32 Å². The topological polar surface area (TPSA) is 64.3 Å². The fourth-order valence-electron chi connectivity index (χ4n) is 1.80. The molecule has 110 valence electrons. The molecule has 2 rings (SSSR count). The first-order chi connectivity index (χ1) is 10.1. The number of hydrogen-bond acceptors (Lipinski definition) is 3. The van der Waals surface area contributed by atoms with Gasteiger partial charge in [-0.05, 0) is 36.8 Å². The van der Waals surface area contributed by atoms with Gasteiger partial charge in [-0.1, -0.05) is 18.2 Å². The van der Waals surface area contributed by atoms with E-state index in [1.807, 2.05) is 12.1 Å². The Bertz CT molecular complexity index is 627. The maximum absolute atomic E-state index is 13.4. The maximum Gasteiger partial charge on any atom is 0.262 e. The number of amides is 1. The fraction of sp³-hybridized carbons (Fsp3) is 0.188. The molecule has 0 bridgehead atoms. The van der Waals surface area contributed by atoms with E-state index in [9.17, 15) is 9.18 Å². The van der Waals surface area contributed by atoms with Gasteiger partial charge in [0.05, 0.1) is 0 Å². The van der Waals surface area contributed by atoms with Gasteiger partial charge in [-0.25, -0.2) is 4.39 Å². The molecule has 1 amide bonds. The zero-order chi connectivity index (χ0) is 15.2. The Balaban J connectivity index is 1.91. The molecule has 3 N–H and O–H groups in total. The van der Waals surface area contributed by atoms with Crippen molar-refractivity contribution in [2.24, 2.45) is 5.73 Å². The lowest BCUT2D eigenvalue weighted by molar-refractivity contribution is -0.118. The lowest BCUT2D eigenvalue weighted by Crippen LogP contribution is -2.20. The molecule has 2 aromatic carbocycles. The van der Waals surface area contributed by atoms with Crippen LogP contribution in [0.15, 0.2) is 42.5 Å². The van der Waals surface area contributed by atoms with Gasteiger partial charge in [0, 0.05) is 17.8 Å². The van der Waals surface area contributed by atoms with Crippen LogP contribution in [0.2, 0.25) is 0 Å². The van der Waals surface area contributed by atoms with Crippen LogP contribution in [0.5, 0.6) is 5.75 Å². The lowest BCUT2D eigenvalue weighted by atomic mass is 10.2. The van der Waals surface area contributed by atoms with E-state index in [-0.39, 0.29) is 18.3 Å². The van der Waals surface area contributed by atoms with Crippen molar-refractivity contribution >= 4 is 11.6 Å². The molecule has 0 aromatic heterocycles. The van der Waals surface area contributed by atoms with E-state index >= 15 is 0 Å². The molecule has 0 unspecified atom stereocenters. The molecule has 21 heavy (non-hydrogen) atoms. The second-order valence-electron chi connectivity index (χ2n) is 4.60. The first-order valence-corrected chi connectivity index (χ1v) is 6.57. The van der Waals surface area contributed by atoms with Crippen LogP contribution in [0.25, 0.3) is 0 Å². The molecule has 0 heterocycles. The lowest BCUT2D eigenvalue weighted by Gasteiger charge is -2.10. The van der Waals surface area contributed by atoms with Crippen LogP contribution < -0.4 is 15.8 Å². The third-order valence-corrected chi connectivity index (χ3v) is 3.07. The predicted octanol–water partition coefficient (Wildman–Crippen LogP) is 2.61. The van der Waals surface area contributed by atoms with Gasteiger partial charge >= 0.3 is 0 Å². The van der Waals surface area contributed by atoms with Gasteiger partial charge in [0.25, 0.3) is 5.91 Å². The quantitative estimate of drug-likeness (QED) is 0.889. The number of rotatable bonds is 5. The number of carbonyl (C=O) groups is 1. The normalized spacial score (nSPS) is 10.2. The summed E-state index contributed by atoms with van der Waals surface area (Å²) in [7, 11) is 0. The van der Waals surface area contributed by atoms with Crippen molar-refractivity contribution in [3.63, 3.8) is 0 Å². The summed E-state index contributed by atoms with van der Waals surface area (Å²) in [4.78, 5) is 11.8. The van der Waals surface area contributed by atoms with Crippen LogP contribution in [-0.2, 0) is 11.3 Å². The minimum absolute atomic E-state index is 0.141. The first kappa shape index (κ1) is 15.0. The molecule has 0 saturated heterocycles. The summed E-state index contributed by atoms with van der Waals surface area (Å²) < 4.78 is 18.7. The third kappa shape index (κ3) is 4.03. The Morgan fingerprint density at radius 2 is 1.95 bits per heavy atom. The molecule has 4 nitrogen and oxygen atoms in total. The number of anilines is 1. The molecule has 0 aliphatic carbocycles. The van der Waals surface area contributed by atoms with E-state index in [0.29, 0.717) is 23.5 Å². The van der Waals surface area contributed by atoms with E-state index in [1.165, 1.54) is 6.07 Å². The number of hydrogen-bond donors (Lipinski definition) is 2. The highest BCUT2D eigenvalue weighted by Gasteiger charge is 2.08. The summed E-state index contributed by atoms with van der Waals surface area (Å²) >= 11 is 0. The predicted molar refractivity (Wildman–Crippen MR) is 79.6 cm³/mol. The summed E-state index contributed by atoms with van der Waals surface area (Å²) in [6.07, 6.45) is 0. The van der Waals surface area contributed by atoms with E-state index in [1.54, 1.807) is 31.2 Å². The van der Waals surface area contributed by atoms with Crippen molar-refractivity contribution in [3.05, 3.63) is 59.4 Å². The SMILES string of the molecule is Cc1c(F)cccc1NC(=O)COc1ccc(CN)cc1. The van der Waals surface area contributed by atoms with Crippen molar-refractivity contribution in [3.8, 4) is 5.75 Å². The second-order valence-corrected chi connectivity index (χ2v) is 4.60. The largest absolute Gasteiger partial charge is 0.484 e. The van der Waals surface area contributed by atoms with Gasteiger partial charge in [0.15, 0.2) is 6.61 Å². The van der Waals surface area contributed by atoms with Crippen molar-refractivity contribution < 1.29 is 13.9 Å². The number of nitrogens with two attached hydrogens (primary N) is 1. The van der Waals surface area contributed by atoms with Crippen LogP contribution in [0.4, 0.5) is 10.1 Å². The van der Waals surface area contributed by atoms with Crippen LogP contribution in [0.3, 0.4) is 0 Å². The molecule has 0 aliphatic rings. The number of halogens is 1. The zero-order valence-corrected chi connectivity index (χ0v) is 11.7. The molecule has 2 aromatic rings. The highest BCUT2D eigenvalue weighted by Crippen LogP contribution is 2.17. The standard InChI is InChI=1S/C16H17FN2O2/c1-11-14(17)3-2-4-15(11)19-16(20)10-21-13-7-5-12(9-18)6-8-13/h2-8H,9-10,18H2,1H3,(H,19,20). The van der Waals surface area contributed by atoms with E-state index in [4.69, 9.17) is 10.5 Å². The third-order valence-electron chi connectivity index (χ3n) is 3.07. The summed E-state index contributed by atoms with van der Waals surface area (Å²) in [5.74, 6) is -0.115. The molecule has 0 spiro atoms. The molecular weight excluding hydrogens is 271 g/mol. The Hall–Kier alpha value is -2.40. The average molecular weight is 288 g/mol. The van der Waals surface area contributed by atoms with E-state index < -0.39 is 0 Å². The summed E-state index contributed by atoms with van der Waals surface area (Å²) in [6, 6.07) is 11.7. The van der Waals surface area contributed by atoms with Crippen molar-refractivity contribution in [1.82, 2.24) is 0 Å². The number of nitrogens with one attached hydrogen (secondary N) is 1. The summed E-state index contributed by atoms with van der Waals surface area (Å²) in [6.45, 7) is 1.93. The molecule has 0 radical (unpaired) electrons. The number of ether oxygens (including phenoxy) is 1. The maximum atomic E-state index is 13.4. The van der Waals surface area contributed by atoms with Crippen LogP contribution >= 0.6 is 0 Å². The summed E-state index contributed by atoms with van der Waals surface area (Å²) in [5.41, 5.74) is 7.33. The van der Waals surface area contributed by atoms with Crippen LogP contribution in [0.1, 0.15) is 11.1 Å². The van der Waals surface area contributed by atoms with Gasteiger partial charge in [-0.15, -0.1) is 0 Å². The molecule has 0 fully saturated rings. The van der Waals surface area contributed by atoms with Crippen molar-refractivity contribution in [1.29, 1.82) is 0 Å². The van der Waals surface area contributed by atoms with Crippen molar-refractivity contribution in [2.75, 3.05) is 11.9 Å². The zero-order valence-electron chi connectivity index (χ0n) is 11.7. The first-order valence-electron chi connectivity index (χ1n) is 6.57. The molecular formula is C16H17FN2O2. The molecule has 0 atom stereocenters. The average Bonchev–Trinajstić information content (AvgIpc) is 2.50. The fourth-order valence-corrected chi connectivity index (χ4v) is 1.80. The van der Waals surface area contributed by atoms with Gasteiger partial charge < -0.3 is 15.8 Å². The monoisotopic (exact) mass is 288 g/mol. The van der Waals surface area contributed by atoms with Gasteiger partial charge in [0.2, 0.25) is 0 Å². The van der Waals surface area contributed by atoms with Gasteiger partial charge in [0.1, 0.15) is 11.6 Å². The highest BCUT2D eigenvalue weighted by atomic mass is 19.1. The number of benzene rings is 2. The van der Waals surface area contributed by atoms with Gasteiger partial charge in [-0.3, -0.25) is 4.79 Å². The van der Waals surface area contributed by atoms with E-state index in [0.717, 1.165) is 5.56 Å². The van der Waals surface area contributed by atoms with Gasteiger partial charge in [-0.2, -0.15) is 0 Å². The molecule has 5 heteroatoms. The minimum atomic E-state index is -0.355. The molecule has 0 aliphatic heterocycles. The van der Waals surface area contributed by atoms with Crippen molar-refractivity contribution in [2.45, 2.75) is 13.5 Å². The number of carbonyl (C=O) groups excluding carboxylic acids is 1. The Kier molecular flexibility index (Phi) is 4.90. The Labute approximate surface area is 122 Å². The Morgan fingerprint density at radius 3 is 2.62 bits per heavy atom. The summed E-state index contributed by atoms with van der Waals surface area (Å²) in [5, 5.41) is 2.62. The highest BCUT2D eigenvalue weighted by molar-refractivity contribution is 5.92. The smallest absolute Gasteiger partial charge is 0.262 e. The second kappa shape index (κ2) is 6.85. The van der Waals surface area contributed by atoms with Crippen LogP contribution in [-0.4, -0.2) is 12.5 Å². The Morgan fingerprint density at radius 1 is 1.24 bits per heavy atom. The van der Waals surface area contributed by atoms with Crippen LogP contribution in [0, 0.1) is 12.7 Å². The molecule has 0 saturated carbocycles.